The van der Waals surface area contributed by atoms with E-state index >= 15 is 0 Å². The summed E-state index contributed by atoms with van der Waals surface area (Å²) in [5.41, 5.74) is -1.37. The predicted molar refractivity (Wildman–Crippen MR) is 64.2 cm³/mol. The maximum Gasteiger partial charge on any atom is 0.254 e. The molecule has 100 valence electrons. The van der Waals surface area contributed by atoms with Crippen LogP contribution in [0.4, 0.5) is 8.78 Å². The SMILES string of the molecule is CCC(O)(CC)CNC(=O)c1cc(F)ccc1F. The number of hydrogen-bond donors (Lipinski definition) is 2. The van der Waals surface area contributed by atoms with Gasteiger partial charge in [-0.15, -0.1) is 0 Å². The van der Waals surface area contributed by atoms with Crippen LogP contribution < -0.4 is 5.32 Å². The predicted octanol–water partition coefficient (Wildman–Crippen LogP) is 2.25. The van der Waals surface area contributed by atoms with Gasteiger partial charge in [-0.25, -0.2) is 8.78 Å². The van der Waals surface area contributed by atoms with Crippen molar-refractivity contribution >= 4 is 5.91 Å². The molecule has 1 aromatic rings. The number of carbonyl (C=O) groups is 1. The largest absolute Gasteiger partial charge is 0.388 e. The maximum atomic E-state index is 13.3. The van der Waals surface area contributed by atoms with Crippen LogP contribution >= 0.6 is 0 Å². The summed E-state index contributed by atoms with van der Waals surface area (Å²) >= 11 is 0. The van der Waals surface area contributed by atoms with Gasteiger partial charge in [0.15, 0.2) is 0 Å². The van der Waals surface area contributed by atoms with E-state index < -0.39 is 23.1 Å². The molecule has 0 bridgehead atoms. The van der Waals surface area contributed by atoms with Crippen LogP contribution in [0.1, 0.15) is 37.0 Å². The Bertz CT molecular complexity index is 431. The summed E-state index contributed by atoms with van der Waals surface area (Å²) in [5, 5.41) is 12.4. The molecule has 0 aliphatic carbocycles. The topological polar surface area (TPSA) is 49.3 Å². The lowest BCUT2D eigenvalue weighted by atomic mass is 9.97. The number of rotatable bonds is 5. The zero-order chi connectivity index (χ0) is 13.8. The van der Waals surface area contributed by atoms with E-state index in [0.717, 1.165) is 18.2 Å². The van der Waals surface area contributed by atoms with Crippen LogP contribution in [0.2, 0.25) is 0 Å². The molecule has 5 heteroatoms. The third-order valence-corrected chi connectivity index (χ3v) is 3.07. The summed E-state index contributed by atoms with van der Waals surface area (Å²) in [7, 11) is 0. The Kier molecular flexibility index (Phi) is 4.78. The molecule has 18 heavy (non-hydrogen) atoms. The van der Waals surface area contributed by atoms with Crippen molar-refractivity contribution in [3.8, 4) is 0 Å². The summed E-state index contributed by atoms with van der Waals surface area (Å²) in [6.07, 6.45) is 0.935. The number of amides is 1. The molecule has 1 aromatic carbocycles. The minimum absolute atomic E-state index is 0.00872. The molecule has 0 spiro atoms. The number of hydrogen-bond acceptors (Lipinski definition) is 2. The molecule has 1 amide bonds. The molecular weight excluding hydrogens is 240 g/mol. The maximum absolute atomic E-state index is 13.3. The van der Waals surface area contributed by atoms with Gasteiger partial charge in [0.05, 0.1) is 11.2 Å². The van der Waals surface area contributed by atoms with E-state index in [9.17, 15) is 18.7 Å². The van der Waals surface area contributed by atoms with E-state index in [4.69, 9.17) is 0 Å². The summed E-state index contributed by atoms with van der Waals surface area (Å²) < 4.78 is 26.2. The van der Waals surface area contributed by atoms with Crippen molar-refractivity contribution in [2.45, 2.75) is 32.3 Å². The van der Waals surface area contributed by atoms with Gasteiger partial charge in [0.1, 0.15) is 11.6 Å². The molecule has 0 saturated carbocycles. The van der Waals surface area contributed by atoms with Crippen LogP contribution in [0.3, 0.4) is 0 Å². The highest BCUT2D eigenvalue weighted by Gasteiger charge is 2.23. The second-order valence-corrected chi connectivity index (χ2v) is 4.24. The van der Waals surface area contributed by atoms with Gasteiger partial charge in [-0.2, -0.15) is 0 Å². The molecule has 0 unspecified atom stereocenters. The standard InChI is InChI=1S/C13H17F2NO2/c1-3-13(18,4-2)8-16-12(17)10-7-9(14)5-6-11(10)15/h5-7,18H,3-4,8H2,1-2H3,(H,16,17). The molecule has 0 aromatic heterocycles. The van der Waals surface area contributed by atoms with Crippen molar-refractivity contribution in [3.63, 3.8) is 0 Å². The first kappa shape index (κ1) is 14.6. The first-order valence-corrected chi connectivity index (χ1v) is 5.87. The Morgan fingerprint density at radius 1 is 1.33 bits per heavy atom. The van der Waals surface area contributed by atoms with Crippen LogP contribution in [0.15, 0.2) is 18.2 Å². The summed E-state index contributed by atoms with van der Waals surface area (Å²) in [6, 6.07) is 2.68. The van der Waals surface area contributed by atoms with Gasteiger partial charge in [0.25, 0.3) is 5.91 Å². The molecular formula is C13H17F2NO2. The van der Waals surface area contributed by atoms with Gasteiger partial charge >= 0.3 is 0 Å². The molecule has 0 fully saturated rings. The zero-order valence-electron chi connectivity index (χ0n) is 10.5. The first-order chi connectivity index (χ1) is 8.41. The van der Waals surface area contributed by atoms with Crippen molar-refractivity contribution in [3.05, 3.63) is 35.4 Å². The van der Waals surface area contributed by atoms with Gasteiger partial charge < -0.3 is 10.4 Å². The molecule has 0 radical (unpaired) electrons. The highest BCUT2D eigenvalue weighted by molar-refractivity contribution is 5.94. The minimum atomic E-state index is -1.01. The average molecular weight is 257 g/mol. The van der Waals surface area contributed by atoms with E-state index in [1.807, 2.05) is 0 Å². The lowest BCUT2D eigenvalue weighted by molar-refractivity contribution is 0.0313. The van der Waals surface area contributed by atoms with Crippen molar-refractivity contribution in [2.75, 3.05) is 6.54 Å². The lowest BCUT2D eigenvalue weighted by Gasteiger charge is -2.25. The normalized spacial score (nSPS) is 11.4. The fourth-order valence-electron chi connectivity index (χ4n) is 1.51. The number of benzene rings is 1. The highest BCUT2D eigenvalue weighted by Crippen LogP contribution is 2.14. The van der Waals surface area contributed by atoms with Crippen molar-refractivity contribution in [1.82, 2.24) is 5.32 Å². The number of carbonyl (C=O) groups excluding carboxylic acids is 1. The van der Waals surface area contributed by atoms with Crippen molar-refractivity contribution in [1.29, 1.82) is 0 Å². The van der Waals surface area contributed by atoms with Gasteiger partial charge in [-0.05, 0) is 31.0 Å². The monoisotopic (exact) mass is 257 g/mol. The van der Waals surface area contributed by atoms with Crippen LogP contribution in [0.5, 0.6) is 0 Å². The van der Waals surface area contributed by atoms with Gasteiger partial charge in [0.2, 0.25) is 0 Å². The fourth-order valence-corrected chi connectivity index (χ4v) is 1.51. The molecule has 0 aliphatic rings. The molecule has 3 nitrogen and oxygen atoms in total. The van der Waals surface area contributed by atoms with E-state index in [1.54, 1.807) is 13.8 Å². The Balaban J connectivity index is 2.74. The molecule has 2 N–H and O–H groups in total. The van der Waals surface area contributed by atoms with Crippen LogP contribution in [-0.4, -0.2) is 23.2 Å². The second kappa shape index (κ2) is 5.91. The quantitative estimate of drug-likeness (QED) is 0.850. The van der Waals surface area contributed by atoms with E-state index in [2.05, 4.69) is 5.32 Å². The van der Waals surface area contributed by atoms with Gasteiger partial charge in [-0.3, -0.25) is 4.79 Å². The van der Waals surface area contributed by atoms with Gasteiger partial charge in [0, 0.05) is 6.54 Å². The van der Waals surface area contributed by atoms with Crippen molar-refractivity contribution in [2.24, 2.45) is 0 Å². The molecule has 0 aliphatic heterocycles. The second-order valence-electron chi connectivity index (χ2n) is 4.24. The summed E-state index contributed by atoms with van der Waals surface area (Å²) in [6.45, 7) is 3.59. The Morgan fingerprint density at radius 3 is 2.50 bits per heavy atom. The summed E-state index contributed by atoms with van der Waals surface area (Å²) in [4.78, 5) is 11.7. The Labute approximate surface area is 105 Å². The third-order valence-electron chi connectivity index (χ3n) is 3.07. The van der Waals surface area contributed by atoms with Crippen LogP contribution in [-0.2, 0) is 0 Å². The molecule has 0 heterocycles. The zero-order valence-corrected chi connectivity index (χ0v) is 10.5. The van der Waals surface area contributed by atoms with E-state index in [0.29, 0.717) is 12.8 Å². The Morgan fingerprint density at radius 2 is 1.94 bits per heavy atom. The van der Waals surface area contributed by atoms with E-state index in [-0.39, 0.29) is 12.1 Å². The van der Waals surface area contributed by atoms with Crippen molar-refractivity contribution < 1.29 is 18.7 Å². The van der Waals surface area contributed by atoms with Crippen LogP contribution in [0, 0.1) is 11.6 Å². The number of halogens is 2. The molecule has 0 atom stereocenters. The first-order valence-electron chi connectivity index (χ1n) is 5.87. The van der Waals surface area contributed by atoms with Crippen LogP contribution in [0.25, 0.3) is 0 Å². The average Bonchev–Trinajstić information content (AvgIpc) is 2.38. The lowest BCUT2D eigenvalue weighted by Crippen LogP contribution is -2.42. The highest BCUT2D eigenvalue weighted by atomic mass is 19.1. The smallest absolute Gasteiger partial charge is 0.254 e. The minimum Gasteiger partial charge on any atom is -0.388 e. The number of nitrogens with one attached hydrogen (secondary N) is 1. The summed E-state index contributed by atoms with van der Waals surface area (Å²) in [5.74, 6) is -2.19. The number of aliphatic hydroxyl groups is 1. The molecule has 0 saturated heterocycles. The third kappa shape index (κ3) is 3.50. The fraction of sp³-hybridized carbons (Fsp3) is 0.462. The van der Waals surface area contributed by atoms with Gasteiger partial charge in [-0.1, -0.05) is 13.8 Å². The van der Waals surface area contributed by atoms with E-state index in [1.165, 1.54) is 0 Å². The molecule has 1 rings (SSSR count). The Hall–Kier alpha value is -1.49.